The molecule has 2 heterocycles. The van der Waals surface area contributed by atoms with Crippen molar-refractivity contribution in [3.8, 4) is 5.75 Å². The van der Waals surface area contributed by atoms with Crippen LogP contribution in [-0.4, -0.2) is 23.2 Å². The first-order chi connectivity index (χ1) is 12.1. The molecule has 128 valence electrons. The summed E-state index contributed by atoms with van der Waals surface area (Å²) in [6.45, 7) is 1.81. The molecule has 0 radical (unpaired) electrons. The second-order valence-electron chi connectivity index (χ2n) is 5.45. The van der Waals surface area contributed by atoms with Gasteiger partial charge >= 0.3 is 0 Å². The third-order valence-corrected chi connectivity index (χ3v) is 3.46. The van der Waals surface area contributed by atoms with Gasteiger partial charge in [0.15, 0.2) is 5.82 Å². The van der Waals surface area contributed by atoms with E-state index in [2.05, 4.69) is 20.8 Å². The van der Waals surface area contributed by atoms with Crippen molar-refractivity contribution in [1.29, 1.82) is 0 Å². The second-order valence-corrected chi connectivity index (χ2v) is 5.45. The summed E-state index contributed by atoms with van der Waals surface area (Å²) < 4.78 is 10.1. The van der Waals surface area contributed by atoms with E-state index in [1.165, 1.54) is 0 Å². The van der Waals surface area contributed by atoms with E-state index in [0.29, 0.717) is 23.1 Å². The molecule has 0 atom stereocenters. The molecule has 3 rings (SSSR count). The Labute approximate surface area is 145 Å². The van der Waals surface area contributed by atoms with Crippen LogP contribution in [0.25, 0.3) is 0 Å². The lowest BCUT2D eigenvalue weighted by Gasteiger charge is -2.07. The van der Waals surface area contributed by atoms with Gasteiger partial charge in [-0.25, -0.2) is 4.98 Å². The number of benzene rings is 1. The number of rotatable bonds is 6. The van der Waals surface area contributed by atoms with Gasteiger partial charge in [-0.1, -0.05) is 17.3 Å². The highest BCUT2D eigenvalue weighted by Gasteiger charge is 2.06. The van der Waals surface area contributed by atoms with Gasteiger partial charge in [-0.15, -0.1) is 0 Å². The zero-order valence-corrected chi connectivity index (χ0v) is 13.9. The summed E-state index contributed by atoms with van der Waals surface area (Å²) in [5, 5.41) is 9.67. The highest BCUT2D eigenvalue weighted by atomic mass is 16.5. The molecule has 3 aromatic rings. The number of hydrogen-bond donors (Lipinski definition) is 2. The summed E-state index contributed by atoms with van der Waals surface area (Å²) in [5.41, 5.74) is 1.53. The molecule has 0 aliphatic carbocycles. The molecule has 0 fully saturated rings. The van der Waals surface area contributed by atoms with E-state index in [-0.39, 0.29) is 12.3 Å². The van der Waals surface area contributed by atoms with Crippen LogP contribution >= 0.6 is 0 Å². The Morgan fingerprint density at radius 2 is 1.96 bits per heavy atom. The number of anilines is 3. The molecule has 0 aliphatic rings. The third kappa shape index (κ3) is 4.57. The van der Waals surface area contributed by atoms with E-state index in [1.54, 1.807) is 31.5 Å². The highest BCUT2D eigenvalue weighted by Crippen LogP contribution is 2.16. The van der Waals surface area contributed by atoms with Crippen LogP contribution in [0.2, 0.25) is 0 Å². The van der Waals surface area contributed by atoms with Gasteiger partial charge in [0.05, 0.1) is 25.4 Å². The van der Waals surface area contributed by atoms with Crippen LogP contribution in [-0.2, 0) is 11.2 Å². The number of nitrogens with one attached hydrogen (secondary N) is 2. The molecule has 1 aromatic carbocycles. The molecule has 2 N–H and O–H groups in total. The average Bonchev–Trinajstić information content (AvgIpc) is 3.02. The first kappa shape index (κ1) is 16.5. The van der Waals surface area contributed by atoms with Crippen molar-refractivity contribution >= 4 is 23.2 Å². The molecule has 7 nitrogen and oxygen atoms in total. The smallest absolute Gasteiger partial charge is 0.228 e. The number of amides is 1. The number of aryl methyl sites for hydroxylation is 1. The highest BCUT2D eigenvalue weighted by molar-refractivity contribution is 5.92. The maximum Gasteiger partial charge on any atom is 0.228 e. The fourth-order valence-electron chi connectivity index (χ4n) is 2.23. The predicted molar refractivity (Wildman–Crippen MR) is 94.1 cm³/mol. The molecule has 2 aromatic heterocycles. The number of pyridine rings is 1. The van der Waals surface area contributed by atoms with Gasteiger partial charge in [-0.3, -0.25) is 4.79 Å². The Bertz CT molecular complexity index is 842. The minimum Gasteiger partial charge on any atom is -0.497 e. The van der Waals surface area contributed by atoms with E-state index in [1.807, 2.05) is 31.2 Å². The van der Waals surface area contributed by atoms with Gasteiger partial charge in [0, 0.05) is 6.07 Å². The number of nitrogens with zero attached hydrogens (tertiary/aromatic N) is 2. The van der Waals surface area contributed by atoms with Crippen LogP contribution in [0.3, 0.4) is 0 Å². The third-order valence-electron chi connectivity index (χ3n) is 3.46. The molecule has 0 saturated carbocycles. The van der Waals surface area contributed by atoms with E-state index >= 15 is 0 Å². The largest absolute Gasteiger partial charge is 0.497 e. The quantitative estimate of drug-likeness (QED) is 0.717. The van der Waals surface area contributed by atoms with Gasteiger partial charge in [0.1, 0.15) is 17.3 Å². The van der Waals surface area contributed by atoms with Crippen LogP contribution in [0, 0.1) is 6.92 Å². The van der Waals surface area contributed by atoms with Crippen molar-refractivity contribution in [2.75, 3.05) is 17.7 Å². The predicted octanol–water partition coefficient (Wildman–Crippen LogP) is 3.31. The van der Waals surface area contributed by atoms with Crippen molar-refractivity contribution in [3.63, 3.8) is 0 Å². The van der Waals surface area contributed by atoms with Crippen molar-refractivity contribution in [1.82, 2.24) is 10.1 Å². The first-order valence-electron chi connectivity index (χ1n) is 7.71. The van der Waals surface area contributed by atoms with Gasteiger partial charge in [0.2, 0.25) is 5.91 Å². The average molecular weight is 338 g/mol. The number of hydrogen-bond acceptors (Lipinski definition) is 6. The number of aromatic nitrogens is 2. The Balaban J connectivity index is 1.55. The lowest BCUT2D eigenvalue weighted by atomic mass is 10.1. The van der Waals surface area contributed by atoms with Crippen LogP contribution in [0.4, 0.5) is 17.3 Å². The summed E-state index contributed by atoms with van der Waals surface area (Å²) in [6.07, 6.45) is 1.86. The molecular formula is C18H18N4O3. The van der Waals surface area contributed by atoms with Crippen LogP contribution in [0.1, 0.15) is 11.3 Å². The first-order valence-corrected chi connectivity index (χ1v) is 7.71. The van der Waals surface area contributed by atoms with Gasteiger partial charge < -0.3 is 19.9 Å². The maximum atomic E-state index is 12.1. The summed E-state index contributed by atoms with van der Waals surface area (Å²) in [6, 6.07) is 12.7. The van der Waals surface area contributed by atoms with E-state index in [9.17, 15) is 4.79 Å². The minimum atomic E-state index is -0.111. The zero-order chi connectivity index (χ0) is 17.6. The van der Waals surface area contributed by atoms with E-state index in [0.717, 1.165) is 11.3 Å². The van der Waals surface area contributed by atoms with Crippen molar-refractivity contribution in [2.45, 2.75) is 13.3 Å². The molecule has 7 heteroatoms. The standard InChI is InChI=1S/C18H18N4O3/c1-12-9-17(22-25-12)21-16-8-5-14(11-19-16)20-18(23)10-13-3-6-15(24-2)7-4-13/h3-9,11H,10H2,1-2H3,(H,20,23)(H,19,21,22). The van der Waals surface area contributed by atoms with Gasteiger partial charge in [-0.2, -0.15) is 0 Å². The fraction of sp³-hybridized carbons (Fsp3) is 0.167. The number of carbonyl (C=O) groups excluding carboxylic acids is 1. The summed E-state index contributed by atoms with van der Waals surface area (Å²) in [5.74, 6) is 2.56. The van der Waals surface area contributed by atoms with Gasteiger partial charge in [-0.05, 0) is 36.8 Å². The monoisotopic (exact) mass is 338 g/mol. The van der Waals surface area contributed by atoms with Gasteiger partial charge in [0.25, 0.3) is 0 Å². The topological polar surface area (TPSA) is 89.3 Å². The Hall–Kier alpha value is -3.35. The zero-order valence-electron chi connectivity index (χ0n) is 13.9. The van der Waals surface area contributed by atoms with Crippen molar-refractivity contribution in [3.05, 3.63) is 60.0 Å². The molecule has 25 heavy (non-hydrogen) atoms. The summed E-state index contributed by atoms with van der Waals surface area (Å²) in [7, 11) is 1.61. The molecule has 1 amide bonds. The summed E-state index contributed by atoms with van der Waals surface area (Å²) >= 11 is 0. The lowest BCUT2D eigenvalue weighted by molar-refractivity contribution is -0.115. The van der Waals surface area contributed by atoms with E-state index in [4.69, 9.17) is 9.26 Å². The Morgan fingerprint density at radius 1 is 1.16 bits per heavy atom. The SMILES string of the molecule is COc1ccc(CC(=O)Nc2ccc(Nc3cc(C)on3)nc2)cc1. The number of carbonyl (C=O) groups is 1. The Morgan fingerprint density at radius 3 is 2.56 bits per heavy atom. The lowest BCUT2D eigenvalue weighted by Crippen LogP contribution is -2.14. The number of methoxy groups -OCH3 is 1. The van der Waals surface area contributed by atoms with Crippen LogP contribution in [0.5, 0.6) is 5.75 Å². The molecule has 0 spiro atoms. The molecule has 0 bridgehead atoms. The molecular weight excluding hydrogens is 320 g/mol. The molecule has 0 unspecified atom stereocenters. The maximum absolute atomic E-state index is 12.1. The number of ether oxygens (including phenoxy) is 1. The fourth-order valence-corrected chi connectivity index (χ4v) is 2.23. The van der Waals surface area contributed by atoms with Crippen molar-refractivity contribution in [2.24, 2.45) is 0 Å². The van der Waals surface area contributed by atoms with Crippen molar-refractivity contribution < 1.29 is 14.1 Å². The molecule has 0 saturated heterocycles. The van der Waals surface area contributed by atoms with Crippen LogP contribution in [0.15, 0.2) is 53.2 Å². The minimum absolute atomic E-state index is 0.111. The summed E-state index contributed by atoms with van der Waals surface area (Å²) in [4.78, 5) is 16.3. The van der Waals surface area contributed by atoms with E-state index < -0.39 is 0 Å². The Kier molecular flexibility index (Phi) is 4.94. The second kappa shape index (κ2) is 7.48. The normalized spacial score (nSPS) is 10.3. The molecule has 0 aliphatic heterocycles. The van der Waals surface area contributed by atoms with Crippen LogP contribution < -0.4 is 15.4 Å².